The summed E-state index contributed by atoms with van der Waals surface area (Å²) in [6.07, 6.45) is -0.784. The lowest BCUT2D eigenvalue weighted by atomic mass is 10.1. The average molecular weight is 409 g/mol. The number of carbonyl (C=O) groups is 1. The molecule has 1 fully saturated rings. The van der Waals surface area contributed by atoms with Crippen LogP contribution in [0.5, 0.6) is 0 Å². The fourth-order valence-electron chi connectivity index (χ4n) is 3.15. The van der Waals surface area contributed by atoms with Crippen molar-refractivity contribution in [1.29, 1.82) is 0 Å². The number of ether oxygens (including phenoxy) is 1. The molecule has 0 saturated heterocycles. The third kappa shape index (κ3) is 3.64. The van der Waals surface area contributed by atoms with Gasteiger partial charge in [0.2, 0.25) is 0 Å². The monoisotopic (exact) mass is 409 g/mol. The molecule has 1 N–H and O–H groups in total. The summed E-state index contributed by atoms with van der Waals surface area (Å²) in [7, 11) is 1.64. The van der Waals surface area contributed by atoms with E-state index in [9.17, 15) is 18.0 Å². The van der Waals surface area contributed by atoms with Gasteiger partial charge in [-0.25, -0.2) is 4.98 Å². The molecular formula is C19H18F3N3O2S. The Hall–Kier alpha value is -2.39. The maximum absolute atomic E-state index is 13.0. The molecule has 28 heavy (non-hydrogen) atoms. The average Bonchev–Trinajstić information content (AvgIpc) is 3.11. The van der Waals surface area contributed by atoms with Crippen LogP contribution in [0.15, 0.2) is 35.8 Å². The van der Waals surface area contributed by atoms with Crippen LogP contribution in [0, 0.1) is 5.41 Å². The minimum absolute atomic E-state index is 0.0255. The van der Waals surface area contributed by atoms with Crippen molar-refractivity contribution in [2.45, 2.75) is 19.0 Å². The van der Waals surface area contributed by atoms with E-state index in [4.69, 9.17) is 4.74 Å². The number of benzene rings is 1. The van der Waals surface area contributed by atoms with Crippen LogP contribution in [-0.4, -0.2) is 35.6 Å². The zero-order valence-electron chi connectivity index (χ0n) is 15.0. The molecule has 3 aromatic rings. The summed E-state index contributed by atoms with van der Waals surface area (Å²) < 4.78 is 45.7. The van der Waals surface area contributed by atoms with Crippen molar-refractivity contribution in [3.05, 3.63) is 47.1 Å². The Morgan fingerprint density at radius 1 is 1.39 bits per heavy atom. The maximum atomic E-state index is 13.0. The molecule has 1 aliphatic carbocycles. The normalized spacial score (nSPS) is 15.7. The van der Waals surface area contributed by atoms with E-state index in [2.05, 4.69) is 10.3 Å². The van der Waals surface area contributed by atoms with Crippen molar-refractivity contribution in [3.8, 4) is 11.3 Å². The molecule has 0 bridgehead atoms. The molecule has 1 aliphatic rings. The molecule has 1 aromatic carbocycles. The van der Waals surface area contributed by atoms with E-state index in [0.717, 1.165) is 25.0 Å². The summed E-state index contributed by atoms with van der Waals surface area (Å²) in [5, 5.41) is 4.63. The van der Waals surface area contributed by atoms with Crippen molar-refractivity contribution in [2.24, 2.45) is 5.41 Å². The second-order valence-electron chi connectivity index (χ2n) is 7.09. The number of thiazole rings is 1. The van der Waals surface area contributed by atoms with Gasteiger partial charge < -0.3 is 10.1 Å². The summed E-state index contributed by atoms with van der Waals surface area (Å²) in [6.45, 7) is 1.14. The molecule has 0 spiro atoms. The summed E-state index contributed by atoms with van der Waals surface area (Å²) >= 11 is 1.27. The fraction of sp³-hybridized carbons (Fsp3) is 0.368. The van der Waals surface area contributed by atoms with Crippen LogP contribution in [0.2, 0.25) is 0 Å². The summed E-state index contributed by atoms with van der Waals surface area (Å²) in [4.78, 5) is 17.5. The topological polar surface area (TPSA) is 55.6 Å². The summed E-state index contributed by atoms with van der Waals surface area (Å²) in [5.74, 6) is -0.235. The highest BCUT2D eigenvalue weighted by molar-refractivity contribution is 7.15. The number of hydrogen-bond acceptors (Lipinski definition) is 4. The number of alkyl halides is 3. The predicted molar refractivity (Wildman–Crippen MR) is 99.4 cm³/mol. The Kier molecular flexibility index (Phi) is 4.67. The number of fused-ring (bicyclic) bond motifs is 1. The van der Waals surface area contributed by atoms with Crippen LogP contribution in [0.25, 0.3) is 16.2 Å². The first kappa shape index (κ1) is 18.9. The van der Waals surface area contributed by atoms with E-state index in [1.807, 2.05) is 0 Å². The Balaban J connectivity index is 1.56. The number of halogens is 3. The van der Waals surface area contributed by atoms with E-state index in [0.29, 0.717) is 35.1 Å². The first-order valence-electron chi connectivity index (χ1n) is 8.73. The van der Waals surface area contributed by atoms with Gasteiger partial charge in [0, 0.05) is 36.2 Å². The van der Waals surface area contributed by atoms with Crippen LogP contribution < -0.4 is 5.32 Å². The van der Waals surface area contributed by atoms with Gasteiger partial charge in [-0.2, -0.15) is 13.2 Å². The summed E-state index contributed by atoms with van der Waals surface area (Å²) in [5.41, 5.74) is 0.461. The highest BCUT2D eigenvalue weighted by Crippen LogP contribution is 2.45. The minimum atomic E-state index is -4.42. The maximum Gasteiger partial charge on any atom is 0.416 e. The molecule has 5 nitrogen and oxygen atoms in total. The number of hydrogen-bond donors (Lipinski definition) is 1. The number of nitrogens with zero attached hydrogens (tertiary/aromatic N) is 2. The molecule has 9 heteroatoms. The Morgan fingerprint density at radius 3 is 2.86 bits per heavy atom. The number of amides is 1. The van der Waals surface area contributed by atoms with Crippen molar-refractivity contribution in [2.75, 3.05) is 20.3 Å². The molecule has 4 rings (SSSR count). The van der Waals surface area contributed by atoms with E-state index in [1.165, 1.54) is 17.4 Å². The largest absolute Gasteiger partial charge is 0.416 e. The van der Waals surface area contributed by atoms with Gasteiger partial charge in [0.05, 0.1) is 17.9 Å². The van der Waals surface area contributed by atoms with Gasteiger partial charge in [0.25, 0.3) is 5.91 Å². The SMILES string of the molecule is COCC1(CNC(=O)c2csc3nc(-c4cccc(C(F)(F)F)c4)cn23)CC1. The second kappa shape index (κ2) is 6.89. The smallest absolute Gasteiger partial charge is 0.384 e. The van der Waals surface area contributed by atoms with Crippen molar-refractivity contribution in [3.63, 3.8) is 0 Å². The van der Waals surface area contributed by atoms with Gasteiger partial charge in [-0.1, -0.05) is 12.1 Å². The van der Waals surface area contributed by atoms with Crippen LogP contribution in [0.4, 0.5) is 13.2 Å². The van der Waals surface area contributed by atoms with Gasteiger partial charge >= 0.3 is 6.18 Å². The highest BCUT2D eigenvalue weighted by atomic mass is 32.1. The zero-order valence-corrected chi connectivity index (χ0v) is 15.9. The lowest BCUT2D eigenvalue weighted by molar-refractivity contribution is -0.137. The molecular weight excluding hydrogens is 391 g/mol. The first-order chi connectivity index (χ1) is 13.3. The Morgan fingerprint density at radius 2 is 2.18 bits per heavy atom. The van der Waals surface area contributed by atoms with Gasteiger partial charge in [-0.15, -0.1) is 11.3 Å². The quantitative estimate of drug-likeness (QED) is 0.663. The zero-order chi connectivity index (χ0) is 19.9. The first-order valence-corrected chi connectivity index (χ1v) is 9.61. The standard InChI is InChI=1S/C19H18F3N3O2S/c1-27-11-18(5-6-18)10-23-16(26)15-9-28-17-24-14(8-25(15)17)12-3-2-4-13(7-12)19(20,21)22/h2-4,7-9H,5-6,10-11H2,1H3,(H,23,26). The third-order valence-corrected chi connectivity index (χ3v) is 5.80. The van der Waals surface area contributed by atoms with Crippen molar-refractivity contribution >= 4 is 22.2 Å². The number of imidazole rings is 1. The molecule has 2 heterocycles. The Bertz CT molecular complexity index is 1020. The summed E-state index contributed by atoms with van der Waals surface area (Å²) in [6, 6.07) is 5.01. The molecule has 2 aromatic heterocycles. The Labute approximate surface area is 163 Å². The van der Waals surface area contributed by atoms with E-state index < -0.39 is 11.7 Å². The predicted octanol–water partition coefficient (Wildman–Crippen LogP) is 4.24. The molecule has 0 unspecified atom stereocenters. The van der Waals surface area contributed by atoms with E-state index in [-0.39, 0.29) is 11.3 Å². The highest BCUT2D eigenvalue weighted by Gasteiger charge is 2.42. The van der Waals surface area contributed by atoms with Gasteiger partial charge in [-0.3, -0.25) is 9.20 Å². The fourth-order valence-corrected chi connectivity index (χ4v) is 4.01. The second-order valence-corrected chi connectivity index (χ2v) is 7.93. The molecule has 0 atom stereocenters. The van der Waals surface area contributed by atoms with Crippen molar-refractivity contribution < 1.29 is 22.7 Å². The number of nitrogens with one attached hydrogen (secondary N) is 1. The molecule has 0 radical (unpaired) electrons. The number of methoxy groups -OCH3 is 1. The molecule has 1 saturated carbocycles. The third-order valence-electron chi connectivity index (χ3n) is 4.96. The van der Waals surface area contributed by atoms with Crippen LogP contribution in [0.3, 0.4) is 0 Å². The van der Waals surface area contributed by atoms with Crippen LogP contribution in [0.1, 0.15) is 28.9 Å². The van der Waals surface area contributed by atoms with Crippen LogP contribution >= 0.6 is 11.3 Å². The lowest BCUT2D eigenvalue weighted by Crippen LogP contribution is -2.32. The lowest BCUT2D eigenvalue weighted by Gasteiger charge is -2.14. The number of rotatable bonds is 6. The van der Waals surface area contributed by atoms with Gasteiger partial charge in [0.15, 0.2) is 4.96 Å². The minimum Gasteiger partial charge on any atom is -0.384 e. The van der Waals surface area contributed by atoms with Crippen molar-refractivity contribution in [1.82, 2.24) is 14.7 Å². The number of carbonyl (C=O) groups excluding carboxylic acids is 1. The molecule has 1 amide bonds. The number of aromatic nitrogens is 2. The van der Waals surface area contributed by atoms with Crippen LogP contribution in [-0.2, 0) is 10.9 Å². The molecule has 0 aliphatic heterocycles. The van der Waals surface area contributed by atoms with Gasteiger partial charge in [-0.05, 0) is 25.0 Å². The van der Waals surface area contributed by atoms with Gasteiger partial charge in [0.1, 0.15) is 5.69 Å². The van der Waals surface area contributed by atoms with E-state index >= 15 is 0 Å². The molecule has 148 valence electrons. The van der Waals surface area contributed by atoms with E-state index in [1.54, 1.807) is 29.2 Å².